The first-order valence-electron chi connectivity index (χ1n) is 5.08. The van der Waals surface area contributed by atoms with E-state index in [2.05, 4.69) is 0 Å². The molecule has 0 spiro atoms. The van der Waals surface area contributed by atoms with Crippen LogP contribution in [0, 0.1) is 5.92 Å². The van der Waals surface area contributed by atoms with Gasteiger partial charge in [0.2, 0.25) is 9.05 Å². The Kier molecular flexibility index (Phi) is 5.20. The van der Waals surface area contributed by atoms with Crippen molar-refractivity contribution >= 4 is 19.7 Å². The Morgan fingerprint density at radius 2 is 1.86 bits per heavy atom. The molecule has 0 aliphatic heterocycles. The van der Waals surface area contributed by atoms with Gasteiger partial charge in [-0.2, -0.15) is 0 Å². The van der Waals surface area contributed by atoms with Gasteiger partial charge in [0.1, 0.15) is 0 Å². The highest BCUT2D eigenvalue weighted by Gasteiger charge is 2.19. The lowest BCUT2D eigenvalue weighted by molar-refractivity contribution is 0.130. The van der Waals surface area contributed by atoms with Gasteiger partial charge in [0.25, 0.3) is 0 Å². The normalized spacial score (nSPS) is 17.2. The van der Waals surface area contributed by atoms with E-state index in [4.69, 9.17) is 15.4 Å². The molecule has 0 unspecified atom stereocenters. The first kappa shape index (κ1) is 12.3. The van der Waals surface area contributed by atoms with Crippen LogP contribution in [0.25, 0.3) is 0 Å². The van der Waals surface area contributed by atoms with Crippen LogP contribution < -0.4 is 0 Å². The summed E-state index contributed by atoms with van der Waals surface area (Å²) in [5.41, 5.74) is 0. The van der Waals surface area contributed by atoms with Gasteiger partial charge in [-0.25, -0.2) is 8.42 Å². The van der Waals surface area contributed by atoms with E-state index in [0.29, 0.717) is 13.0 Å². The Balaban J connectivity index is 1.79. The Bertz CT molecular complexity index is 247. The van der Waals surface area contributed by atoms with Gasteiger partial charge in [0.05, 0.1) is 5.75 Å². The summed E-state index contributed by atoms with van der Waals surface area (Å²) in [7, 11) is 1.71. The van der Waals surface area contributed by atoms with Crippen LogP contribution in [0.3, 0.4) is 0 Å². The average molecular weight is 241 g/mol. The third kappa shape index (κ3) is 7.59. The van der Waals surface area contributed by atoms with Crippen molar-refractivity contribution in [2.45, 2.75) is 32.1 Å². The van der Waals surface area contributed by atoms with Crippen molar-refractivity contribution in [2.24, 2.45) is 5.92 Å². The second-order valence-corrected chi connectivity index (χ2v) is 6.69. The quantitative estimate of drug-likeness (QED) is 0.482. The highest BCUT2D eigenvalue weighted by Crippen LogP contribution is 2.33. The van der Waals surface area contributed by atoms with E-state index in [1.165, 1.54) is 19.3 Å². The van der Waals surface area contributed by atoms with Gasteiger partial charge in [-0.15, -0.1) is 0 Å². The van der Waals surface area contributed by atoms with Crippen LogP contribution in [0.5, 0.6) is 0 Å². The van der Waals surface area contributed by atoms with Gasteiger partial charge in [-0.05, 0) is 25.2 Å². The van der Waals surface area contributed by atoms with E-state index in [0.717, 1.165) is 18.9 Å². The number of ether oxygens (including phenoxy) is 1. The Morgan fingerprint density at radius 1 is 1.21 bits per heavy atom. The molecule has 1 fully saturated rings. The minimum absolute atomic E-state index is 0.0111. The standard InChI is InChI=1S/C9H17ClO3S/c10-14(11,12)8-2-7-13-6-1-3-9-4-5-9/h9H,1-8H2. The molecule has 0 aromatic heterocycles. The SMILES string of the molecule is O=S(=O)(Cl)CCCOCCCC1CC1. The molecule has 0 radical (unpaired) electrons. The lowest BCUT2D eigenvalue weighted by Gasteiger charge is -2.02. The van der Waals surface area contributed by atoms with Gasteiger partial charge in [-0.3, -0.25) is 0 Å². The second kappa shape index (κ2) is 5.93. The van der Waals surface area contributed by atoms with Gasteiger partial charge in [0.15, 0.2) is 0 Å². The smallest absolute Gasteiger partial charge is 0.232 e. The summed E-state index contributed by atoms with van der Waals surface area (Å²) in [6.07, 6.45) is 5.61. The molecule has 84 valence electrons. The Morgan fingerprint density at radius 3 is 2.43 bits per heavy atom. The third-order valence-corrected chi connectivity index (χ3v) is 3.51. The van der Waals surface area contributed by atoms with Crippen molar-refractivity contribution in [1.82, 2.24) is 0 Å². The zero-order valence-electron chi connectivity index (χ0n) is 8.25. The largest absolute Gasteiger partial charge is 0.381 e. The first-order valence-corrected chi connectivity index (χ1v) is 7.56. The van der Waals surface area contributed by atoms with E-state index in [1.807, 2.05) is 0 Å². The highest BCUT2D eigenvalue weighted by atomic mass is 35.7. The summed E-state index contributed by atoms with van der Waals surface area (Å²) in [6, 6.07) is 0. The molecule has 14 heavy (non-hydrogen) atoms. The predicted octanol–water partition coefficient (Wildman–Crippen LogP) is 2.15. The van der Waals surface area contributed by atoms with E-state index in [9.17, 15) is 8.42 Å². The molecule has 0 aromatic rings. The molecule has 0 atom stereocenters. The molecule has 5 heteroatoms. The molecule has 0 amide bonds. The summed E-state index contributed by atoms with van der Waals surface area (Å²) < 4.78 is 26.3. The van der Waals surface area contributed by atoms with Gasteiger partial charge in [-0.1, -0.05) is 12.8 Å². The maximum Gasteiger partial charge on any atom is 0.232 e. The van der Waals surface area contributed by atoms with E-state index in [-0.39, 0.29) is 5.75 Å². The van der Waals surface area contributed by atoms with Crippen molar-refractivity contribution in [3.8, 4) is 0 Å². The molecule has 1 aliphatic carbocycles. The van der Waals surface area contributed by atoms with Crippen LogP contribution in [-0.2, 0) is 13.8 Å². The molecular formula is C9H17ClO3S. The summed E-state index contributed by atoms with van der Waals surface area (Å²) in [6.45, 7) is 1.25. The van der Waals surface area contributed by atoms with Gasteiger partial charge in [0, 0.05) is 23.9 Å². The molecule has 0 bridgehead atoms. The van der Waals surface area contributed by atoms with Crippen molar-refractivity contribution in [2.75, 3.05) is 19.0 Å². The fourth-order valence-corrected chi connectivity index (χ4v) is 2.11. The van der Waals surface area contributed by atoms with Crippen molar-refractivity contribution in [3.63, 3.8) is 0 Å². The zero-order chi connectivity index (χ0) is 10.4. The van der Waals surface area contributed by atoms with E-state index in [1.54, 1.807) is 0 Å². The molecule has 0 saturated heterocycles. The van der Waals surface area contributed by atoms with Crippen LogP contribution in [0.15, 0.2) is 0 Å². The summed E-state index contributed by atoms with van der Waals surface area (Å²) >= 11 is 0. The summed E-state index contributed by atoms with van der Waals surface area (Å²) in [4.78, 5) is 0. The molecule has 0 aromatic carbocycles. The Hall–Kier alpha value is 0.200. The lowest BCUT2D eigenvalue weighted by Crippen LogP contribution is -2.03. The number of hydrogen-bond donors (Lipinski definition) is 0. The molecule has 1 aliphatic rings. The van der Waals surface area contributed by atoms with E-state index < -0.39 is 9.05 Å². The minimum Gasteiger partial charge on any atom is -0.381 e. The zero-order valence-corrected chi connectivity index (χ0v) is 9.82. The van der Waals surface area contributed by atoms with Crippen LogP contribution in [0.1, 0.15) is 32.1 Å². The molecule has 0 N–H and O–H groups in total. The van der Waals surface area contributed by atoms with Crippen molar-refractivity contribution in [1.29, 1.82) is 0 Å². The lowest BCUT2D eigenvalue weighted by atomic mass is 10.2. The van der Waals surface area contributed by atoms with Gasteiger partial charge < -0.3 is 4.74 Å². The van der Waals surface area contributed by atoms with Crippen LogP contribution in [-0.4, -0.2) is 27.4 Å². The molecule has 0 heterocycles. The predicted molar refractivity (Wildman–Crippen MR) is 57.0 cm³/mol. The molecular weight excluding hydrogens is 224 g/mol. The monoisotopic (exact) mass is 240 g/mol. The minimum atomic E-state index is -3.33. The number of hydrogen-bond acceptors (Lipinski definition) is 3. The molecule has 1 rings (SSSR count). The first-order chi connectivity index (χ1) is 6.58. The summed E-state index contributed by atoms with van der Waals surface area (Å²) in [5.74, 6) is 0.957. The van der Waals surface area contributed by atoms with E-state index >= 15 is 0 Å². The molecule has 3 nitrogen and oxygen atoms in total. The van der Waals surface area contributed by atoms with Crippen LogP contribution in [0.4, 0.5) is 0 Å². The topological polar surface area (TPSA) is 43.4 Å². The summed E-state index contributed by atoms with van der Waals surface area (Å²) in [5, 5.41) is 0. The number of rotatable bonds is 8. The van der Waals surface area contributed by atoms with Crippen LogP contribution in [0.2, 0.25) is 0 Å². The average Bonchev–Trinajstić information content (AvgIpc) is 2.84. The number of halogens is 1. The van der Waals surface area contributed by atoms with Gasteiger partial charge >= 0.3 is 0 Å². The second-order valence-electron chi connectivity index (χ2n) is 3.79. The maximum atomic E-state index is 10.5. The fraction of sp³-hybridized carbons (Fsp3) is 1.00. The molecule has 1 saturated carbocycles. The maximum absolute atomic E-state index is 10.5. The fourth-order valence-electron chi connectivity index (χ4n) is 1.32. The van der Waals surface area contributed by atoms with Crippen molar-refractivity contribution < 1.29 is 13.2 Å². The van der Waals surface area contributed by atoms with Crippen molar-refractivity contribution in [3.05, 3.63) is 0 Å². The van der Waals surface area contributed by atoms with Crippen LogP contribution >= 0.6 is 10.7 Å². The third-order valence-electron chi connectivity index (χ3n) is 2.27. The Labute approximate surface area is 90.2 Å². The highest BCUT2D eigenvalue weighted by molar-refractivity contribution is 8.13.